The maximum absolute atomic E-state index is 12.3. The third-order valence-electron chi connectivity index (χ3n) is 4.40. The number of aromatic nitrogens is 2. The van der Waals surface area contributed by atoms with Crippen LogP contribution in [0.4, 0.5) is 5.69 Å². The van der Waals surface area contributed by atoms with Crippen molar-refractivity contribution in [3.05, 3.63) is 69.6 Å². The molecule has 0 saturated carbocycles. The molecule has 0 fully saturated rings. The van der Waals surface area contributed by atoms with Gasteiger partial charge in [0.25, 0.3) is 11.5 Å². The standard InChI is InChI=1S/C21H21N3O4/c1-12-8-9-17(13(2)10-12)22-20(26)14(3)28-19(25)11-18-15-6-4-5-7-16(15)21(27)24-23-18/h4-10,14H,11H2,1-3H3,(H,22,26)(H,24,27)/t14-/m0/s1. The van der Waals surface area contributed by atoms with Crippen molar-refractivity contribution in [1.82, 2.24) is 10.2 Å². The van der Waals surface area contributed by atoms with Crippen LogP contribution in [0.5, 0.6) is 0 Å². The molecule has 1 aromatic heterocycles. The van der Waals surface area contributed by atoms with Crippen LogP contribution in [0.25, 0.3) is 10.8 Å². The second-order valence-corrected chi connectivity index (χ2v) is 6.66. The van der Waals surface area contributed by atoms with Gasteiger partial charge in [-0.15, -0.1) is 0 Å². The van der Waals surface area contributed by atoms with Crippen molar-refractivity contribution in [3.63, 3.8) is 0 Å². The third-order valence-corrected chi connectivity index (χ3v) is 4.40. The lowest BCUT2D eigenvalue weighted by molar-refractivity contribution is -0.152. The normalized spacial score (nSPS) is 11.8. The number of aromatic amines is 1. The number of H-pyrrole nitrogens is 1. The number of hydrogen-bond acceptors (Lipinski definition) is 5. The molecular weight excluding hydrogens is 358 g/mol. The van der Waals surface area contributed by atoms with Crippen molar-refractivity contribution >= 4 is 28.3 Å². The molecule has 144 valence electrons. The van der Waals surface area contributed by atoms with E-state index in [1.54, 1.807) is 24.3 Å². The minimum Gasteiger partial charge on any atom is -0.452 e. The smallest absolute Gasteiger partial charge is 0.312 e. The first-order chi connectivity index (χ1) is 13.3. The Balaban J connectivity index is 1.67. The van der Waals surface area contributed by atoms with Crippen LogP contribution in [0.2, 0.25) is 0 Å². The summed E-state index contributed by atoms with van der Waals surface area (Å²) in [6.07, 6.45) is -1.12. The van der Waals surface area contributed by atoms with Crippen LogP contribution in [0.3, 0.4) is 0 Å². The van der Waals surface area contributed by atoms with Gasteiger partial charge in [0, 0.05) is 11.1 Å². The Hall–Kier alpha value is -3.48. The molecule has 0 radical (unpaired) electrons. The summed E-state index contributed by atoms with van der Waals surface area (Å²) in [6, 6.07) is 12.5. The van der Waals surface area contributed by atoms with Crippen LogP contribution in [0, 0.1) is 13.8 Å². The van der Waals surface area contributed by atoms with E-state index in [0.29, 0.717) is 22.2 Å². The molecule has 0 unspecified atom stereocenters. The van der Waals surface area contributed by atoms with E-state index in [-0.39, 0.29) is 12.0 Å². The molecule has 0 aliphatic carbocycles. The van der Waals surface area contributed by atoms with E-state index in [9.17, 15) is 14.4 Å². The summed E-state index contributed by atoms with van der Waals surface area (Å²) in [6.45, 7) is 5.37. The summed E-state index contributed by atoms with van der Waals surface area (Å²) in [5, 5.41) is 10.1. The van der Waals surface area contributed by atoms with Crippen LogP contribution < -0.4 is 10.9 Å². The number of benzene rings is 2. The van der Waals surface area contributed by atoms with Crippen molar-refractivity contribution in [2.24, 2.45) is 0 Å². The molecule has 28 heavy (non-hydrogen) atoms. The van der Waals surface area contributed by atoms with E-state index in [2.05, 4.69) is 15.5 Å². The van der Waals surface area contributed by atoms with Crippen LogP contribution in [0.15, 0.2) is 47.3 Å². The second-order valence-electron chi connectivity index (χ2n) is 6.66. The van der Waals surface area contributed by atoms with Crippen molar-refractivity contribution in [1.29, 1.82) is 0 Å². The Morgan fingerprint density at radius 1 is 1.14 bits per heavy atom. The molecule has 0 bridgehead atoms. The molecular formula is C21H21N3O4. The summed E-state index contributed by atoms with van der Waals surface area (Å²) in [7, 11) is 0. The van der Waals surface area contributed by atoms with Gasteiger partial charge in [-0.05, 0) is 38.5 Å². The number of nitrogens with zero attached hydrogens (tertiary/aromatic N) is 1. The SMILES string of the molecule is Cc1ccc(NC(=O)[C@H](C)OC(=O)Cc2n[nH]c(=O)c3ccccc23)c(C)c1. The predicted octanol–water partition coefficient (Wildman–Crippen LogP) is 2.65. The van der Waals surface area contributed by atoms with Crippen LogP contribution in [0.1, 0.15) is 23.7 Å². The summed E-state index contributed by atoms with van der Waals surface area (Å²) in [5.41, 5.74) is 2.76. The number of nitrogens with one attached hydrogen (secondary N) is 2. The number of rotatable bonds is 5. The molecule has 7 nitrogen and oxygen atoms in total. The molecule has 0 saturated heterocycles. The first kappa shape index (κ1) is 19.3. The van der Waals surface area contributed by atoms with Crippen molar-refractivity contribution in [3.8, 4) is 0 Å². The van der Waals surface area contributed by atoms with Gasteiger partial charge in [0.15, 0.2) is 6.10 Å². The predicted molar refractivity (Wildman–Crippen MR) is 106 cm³/mol. The lowest BCUT2D eigenvalue weighted by Gasteiger charge is -2.15. The highest BCUT2D eigenvalue weighted by atomic mass is 16.5. The van der Waals surface area contributed by atoms with Crippen LogP contribution >= 0.6 is 0 Å². The quantitative estimate of drug-likeness (QED) is 0.664. The Bertz CT molecular complexity index is 1100. The monoisotopic (exact) mass is 379 g/mol. The number of ether oxygens (including phenoxy) is 1. The maximum atomic E-state index is 12.3. The number of esters is 1. The lowest BCUT2D eigenvalue weighted by Crippen LogP contribution is -2.31. The van der Waals surface area contributed by atoms with E-state index in [4.69, 9.17) is 4.74 Å². The Morgan fingerprint density at radius 2 is 1.86 bits per heavy atom. The molecule has 2 N–H and O–H groups in total. The van der Waals surface area contributed by atoms with Gasteiger partial charge in [0.05, 0.1) is 17.5 Å². The Kier molecular flexibility index (Phi) is 5.54. The van der Waals surface area contributed by atoms with E-state index >= 15 is 0 Å². The van der Waals surface area contributed by atoms with Gasteiger partial charge in [0.2, 0.25) is 0 Å². The van der Waals surface area contributed by atoms with Gasteiger partial charge in [-0.25, -0.2) is 5.10 Å². The van der Waals surface area contributed by atoms with Gasteiger partial charge >= 0.3 is 5.97 Å². The van der Waals surface area contributed by atoms with E-state index < -0.39 is 18.0 Å². The third kappa shape index (κ3) is 4.25. The summed E-state index contributed by atoms with van der Waals surface area (Å²) < 4.78 is 5.25. The van der Waals surface area contributed by atoms with Crippen LogP contribution in [-0.4, -0.2) is 28.2 Å². The molecule has 3 aromatic rings. The zero-order valence-corrected chi connectivity index (χ0v) is 15.9. The Labute approximate surface area is 161 Å². The van der Waals surface area contributed by atoms with Gasteiger partial charge in [-0.2, -0.15) is 5.10 Å². The summed E-state index contributed by atoms with van der Waals surface area (Å²) in [5.74, 6) is -1.02. The molecule has 1 amide bonds. The van der Waals surface area contributed by atoms with E-state index in [1.165, 1.54) is 6.92 Å². The fourth-order valence-electron chi connectivity index (χ4n) is 2.92. The number of aryl methyl sites for hydroxylation is 2. The topological polar surface area (TPSA) is 101 Å². The minimum absolute atomic E-state index is 0.154. The molecule has 0 aliphatic heterocycles. The molecule has 1 atom stereocenters. The van der Waals surface area contributed by atoms with Gasteiger partial charge in [-0.3, -0.25) is 14.4 Å². The molecule has 1 heterocycles. The summed E-state index contributed by atoms with van der Waals surface area (Å²) >= 11 is 0. The van der Waals surface area contributed by atoms with Crippen molar-refractivity contribution < 1.29 is 14.3 Å². The number of hydrogen-bond donors (Lipinski definition) is 2. The Morgan fingerprint density at radius 3 is 2.57 bits per heavy atom. The molecule has 0 spiro atoms. The van der Waals surface area contributed by atoms with Gasteiger partial charge in [0.1, 0.15) is 0 Å². The molecule has 2 aromatic carbocycles. The zero-order chi connectivity index (χ0) is 20.3. The largest absolute Gasteiger partial charge is 0.452 e. The van der Waals surface area contributed by atoms with Gasteiger partial charge in [-0.1, -0.05) is 35.9 Å². The van der Waals surface area contributed by atoms with Gasteiger partial charge < -0.3 is 10.1 Å². The zero-order valence-electron chi connectivity index (χ0n) is 15.9. The maximum Gasteiger partial charge on any atom is 0.312 e. The number of fused-ring (bicyclic) bond motifs is 1. The average molecular weight is 379 g/mol. The first-order valence-electron chi connectivity index (χ1n) is 8.89. The molecule has 3 rings (SSSR count). The highest BCUT2D eigenvalue weighted by Gasteiger charge is 2.20. The van der Waals surface area contributed by atoms with E-state index in [1.807, 2.05) is 32.0 Å². The summed E-state index contributed by atoms with van der Waals surface area (Å²) in [4.78, 5) is 36.4. The number of anilines is 1. The second kappa shape index (κ2) is 8.04. The number of carbonyl (C=O) groups excluding carboxylic acids is 2. The molecule has 7 heteroatoms. The minimum atomic E-state index is -0.970. The fourth-order valence-corrected chi connectivity index (χ4v) is 2.92. The fraction of sp³-hybridized carbons (Fsp3) is 0.238. The lowest BCUT2D eigenvalue weighted by atomic mass is 10.1. The average Bonchev–Trinajstić information content (AvgIpc) is 2.66. The van der Waals surface area contributed by atoms with Crippen molar-refractivity contribution in [2.45, 2.75) is 33.3 Å². The highest BCUT2D eigenvalue weighted by molar-refractivity contribution is 5.96. The number of carbonyl (C=O) groups is 2. The number of amides is 1. The molecule has 0 aliphatic rings. The van der Waals surface area contributed by atoms with Crippen LogP contribution in [-0.2, 0) is 20.7 Å². The van der Waals surface area contributed by atoms with Crippen molar-refractivity contribution in [2.75, 3.05) is 5.32 Å². The van der Waals surface area contributed by atoms with E-state index in [0.717, 1.165) is 11.1 Å². The highest BCUT2D eigenvalue weighted by Crippen LogP contribution is 2.17. The first-order valence-corrected chi connectivity index (χ1v) is 8.89.